The number of nitro groups is 1. The van der Waals surface area contributed by atoms with Gasteiger partial charge in [0.15, 0.2) is 0 Å². The summed E-state index contributed by atoms with van der Waals surface area (Å²) in [6.07, 6.45) is 2.08. The van der Waals surface area contributed by atoms with Gasteiger partial charge in [0.2, 0.25) is 0 Å². The topological polar surface area (TPSA) is 134 Å². The highest BCUT2D eigenvalue weighted by molar-refractivity contribution is 7.90. The molecule has 1 amide bonds. The van der Waals surface area contributed by atoms with Crippen LogP contribution in [0, 0.1) is 16.0 Å². The number of hydrogen-bond donors (Lipinski definition) is 2. The van der Waals surface area contributed by atoms with E-state index >= 15 is 0 Å². The zero-order chi connectivity index (χ0) is 39.1. The molecule has 5 aromatic carbocycles. The maximum atomic E-state index is 13.8. The van der Waals surface area contributed by atoms with Gasteiger partial charge in [-0.05, 0) is 95.5 Å². The van der Waals surface area contributed by atoms with Gasteiger partial charge in [0.25, 0.3) is 21.6 Å². The van der Waals surface area contributed by atoms with Crippen molar-refractivity contribution in [2.45, 2.75) is 30.7 Å². The van der Waals surface area contributed by atoms with Crippen molar-refractivity contribution in [3.8, 4) is 11.1 Å². The fraction of sp³-hybridized carbons (Fsp3) is 0.279. The highest BCUT2D eigenvalue weighted by Gasteiger charge is 2.27. The van der Waals surface area contributed by atoms with Gasteiger partial charge in [-0.3, -0.25) is 19.8 Å². The van der Waals surface area contributed by atoms with Gasteiger partial charge in [-0.15, -0.1) is 0 Å². The first-order valence-electron chi connectivity index (χ1n) is 18.8. The summed E-state index contributed by atoms with van der Waals surface area (Å²) in [4.78, 5) is 29.5. The van der Waals surface area contributed by atoms with Gasteiger partial charge in [-0.2, -0.15) is 0 Å². The zero-order valence-electron chi connectivity index (χ0n) is 30.9. The molecule has 2 fully saturated rings. The number of carbonyl (C=O) groups is 1. The standard InChI is InChI=1S/C43H44ClN5O6S/c44-36-12-10-33(11-13-36)39-9-5-4-8-34(39)30-47-20-22-48(23-21-47)37-14-16-40(35(27-37)26-31-6-2-1-3-7-31)43(50)46-56(53,54)38-15-17-41(42(28-38)49(51)52)45-29-32-18-24-55-25-19-32/h1-17,27-28,32,45H,18-26,29-30H2,(H,46,50). The first kappa shape index (κ1) is 39.0. The van der Waals surface area contributed by atoms with Crippen LogP contribution >= 0.6 is 11.6 Å². The number of benzene rings is 5. The predicted molar refractivity (Wildman–Crippen MR) is 220 cm³/mol. The average Bonchev–Trinajstić information content (AvgIpc) is 3.21. The summed E-state index contributed by atoms with van der Waals surface area (Å²) in [5, 5.41) is 15.8. The molecule has 0 unspecified atom stereocenters. The Morgan fingerprint density at radius 2 is 1.55 bits per heavy atom. The van der Waals surface area contributed by atoms with Gasteiger partial charge in [-0.1, -0.05) is 78.3 Å². The number of nitrogens with zero attached hydrogens (tertiary/aromatic N) is 3. The second-order valence-corrected chi connectivity index (χ2v) is 16.4. The summed E-state index contributed by atoms with van der Waals surface area (Å²) in [6.45, 7) is 5.79. The van der Waals surface area contributed by atoms with Crippen LogP contribution in [0.5, 0.6) is 0 Å². The number of ether oxygens (including phenoxy) is 1. The Morgan fingerprint density at radius 1 is 0.839 bits per heavy atom. The fourth-order valence-electron chi connectivity index (χ4n) is 7.35. The third-order valence-corrected chi connectivity index (χ3v) is 12.1. The molecule has 11 nitrogen and oxygen atoms in total. The van der Waals surface area contributed by atoms with Crippen molar-refractivity contribution in [2.24, 2.45) is 5.92 Å². The van der Waals surface area contributed by atoms with Crippen LogP contribution in [0.25, 0.3) is 11.1 Å². The van der Waals surface area contributed by atoms with E-state index in [9.17, 15) is 23.3 Å². The number of nitro benzene ring substituents is 1. The minimum atomic E-state index is -4.46. The number of sulfonamides is 1. The third-order valence-electron chi connectivity index (χ3n) is 10.5. The molecule has 7 rings (SSSR count). The molecule has 290 valence electrons. The van der Waals surface area contributed by atoms with Crippen molar-refractivity contribution >= 4 is 44.6 Å². The normalized spacial score (nSPS) is 15.3. The lowest BCUT2D eigenvalue weighted by Crippen LogP contribution is -2.46. The molecule has 0 aromatic heterocycles. The van der Waals surface area contributed by atoms with E-state index in [-0.39, 0.29) is 21.8 Å². The van der Waals surface area contributed by atoms with E-state index in [0.29, 0.717) is 42.7 Å². The molecular formula is C43H44ClN5O6S. The van der Waals surface area contributed by atoms with Crippen LogP contribution in [-0.2, 0) is 27.7 Å². The highest BCUT2D eigenvalue weighted by atomic mass is 35.5. The quantitative estimate of drug-likeness (QED) is 0.0906. The maximum absolute atomic E-state index is 13.8. The van der Waals surface area contributed by atoms with Crippen LogP contribution in [0.1, 0.15) is 39.9 Å². The molecular weight excluding hydrogens is 750 g/mol. The Kier molecular flexibility index (Phi) is 12.3. The molecule has 5 aromatic rings. The maximum Gasteiger partial charge on any atom is 0.293 e. The summed E-state index contributed by atoms with van der Waals surface area (Å²) in [7, 11) is -4.46. The second-order valence-electron chi connectivity index (χ2n) is 14.2. The summed E-state index contributed by atoms with van der Waals surface area (Å²) >= 11 is 6.15. The SMILES string of the molecule is O=C(NS(=O)(=O)c1ccc(NCC2CCOCC2)c([N+](=O)[O-])c1)c1ccc(N2CCN(Cc3ccccc3-c3ccc(Cl)cc3)CC2)cc1Cc1ccccc1. The molecule has 0 atom stereocenters. The summed E-state index contributed by atoms with van der Waals surface area (Å²) in [5.41, 5.74) is 6.17. The van der Waals surface area contributed by atoms with E-state index in [1.807, 2.05) is 66.7 Å². The Labute approximate surface area is 332 Å². The lowest BCUT2D eigenvalue weighted by molar-refractivity contribution is -0.384. The number of carbonyl (C=O) groups excluding carboxylic acids is 1. The average molecular weight is 794 g/mol. The summed E-state index contributed by atoms with van der Waals surface area (Å²) < 4.78 is 34.7. The lowest BCUT2D eigenvalue weighted by Gasteiger charge is -2.36. The van der Waals surface area contributed by atoms with Crippen molar-refractivity contribution in [2.75, 3.05) is 56.2 Å². The van der Waals surface area contributed by atoms with E-state index in [4.69, 9.17) is 16.3 Å². The molecule has 0 spiro atoms. The van der Waals surface area contributed by atoms with E-state index in [2.05, 4.69) is 44.1 Å². The van der Waals surface area contributed by atoms with Crippen LogP contribution in [0.15, 0.2) is 120 Å². The zero-order valence-corrected chi connectivity index (χ0v) is 32.5. The largest absolute Gasteiger partial charge is 0.381 e. The number of piperazine rings is 1. The van der Waals surface area contributed by atoms with E-state index in [1.165, 1.54) is 23.3 Å². The number of halogens is 1. The number of amides is 1. The van der Waals surface area contributed by atoms with Gasteiger partial charge < -0.3 is 15.0 Å². The number of rotatable bonds is 13. The molecule has 2 heterocycles. The highest BCUT2D eigenvalue weighted by Crippen LogP contribution is 2.31. The Morgan fingerprint density at radius 3 is 2.29 bits per heavy atom. The van der Waals surface area contributed by atoms with Crippen molar-refractivity contribution in [3.05, 3.63) is 153 Å². The summed E-state index contributed by atoms with van der Waals surface area (Å²) in [6, 6.07) is 35.1. The summed E-state index contributed by atoms with van der Waals surface area (Å²) in [5.74, 6) is -0.516. The Bertz CT molecular complexity index is 2280. The first-order valence-corrected chi connectivity index (χ1v) is 20.6. The molecule has 2 aliphatic heterocycles. The van der Waals surface area contributed by atoms with E-state index in [0.717, 1.165) is 68.4 Å². The van der Waals surface area contributed by atoms with Gasteiger partial charge in [0.1, 0.15) is 5.69 Å². The van der Waals surface area contributed by atoms with Gasteiger partial charge in [0, 0.05) is 74.8 Å². The van der Waals surface area contributed by atoms with Crippen molar-refractivity contribution in [3.63, 3.8) is 0 Å². The third kappa shape index (κ3) is 9.57. The molecule has 2 saturated heterocycles. The van der Waals surface area contributed by atoms with E-state index < -0.39 is 20.9 Å². The van der Waals surface area contributed by atoms with Crippen LogP contribution in [-0.4, -0.2) is 70.1 Å². The minimum Gasteiger partial charge on any atom is -0.381 e. The molecule has 2 aliphatic rings. The number of hydrogen-bond acceptors (Lipinski definition) is 9. The van der Waals surface area contributed by atoms with Crippen LogP contribution < -0.4 is 14.9 Å². The van der Waals surface area contributed by atoms with Crippen LogP contribution in [0.2, 0.25) is 5.02 Å². The molecule has 56 heavy (non-hydrogen) atoms. The molecule has 0 aliphatic carbocycles. The number of nitrogens with one attached hydrogen (secondary N) is 2. The van der Waals surface area contributed by atoms with Crippen molar-refractivity contribution < 1.29 is 22.9 Å². The fourth-order valence-corrected chi connectivity index (χ4v) is 8.47. The predicted octanol–water partition coefficient (Wildman–Crippen LogP) is 7.79. The Hall–Kier alpha value is -5.27. The van der Waals surface area contributed by atoms with E-state index in [1.54, 1.807) is 6.07 Å². The van der Waals surface area contributed by atoms with Gasteiger partial charge >= 0.3 is 0 Å². The molecule has 2 N–H and O–H groups in total. The smallest absolute Gasteiger partial charge is 0.293 e. The monoisotopic (exact) mass is 793 g/mol. The van der Waals surface area contributed by atoms with Crippen LogP contribution in [0.3, 0.4) is 0 Å². The van der Waals surface area contributed by atoms with Gasteiger partial charge in [0.05, 0.1) is 9.82 Å². The first-order chi connectivity index (χ1) is 27.1. The van der Waals surface area contributed by atoms with Crippen molar-refractivity contribution in [1.29, 1.82) is 0 Å². The Balaban J connectivity index is 1.06. The second kappa shape index (κ2) is 17.7. The molecule has 13 heteroatoms. The minimum absolute atomic E-state index is 0.211. The lowest BCUT2D eigenvalue weighted by atomic mass is 9.98. The molecule has 0 saturated carbocycles. The number of anilines is 2. The van der Waals surface area contributed by atoms with Crippen molar-refractivity contribution in [1.82, 2.24) is 9.62 Å². The van der Waals surface area contributed by atoms with Crippen LogP contribution in [0.4, 0.5) is 17.1 Å². The van der Waals surface area contributed by atoms with Gasteiger partial charge in [-0.25, -0.2) is 13.1 Å². The molecule has 0 radical (unpaired) electrons. The molecule has 0 bridgehead atoms.